The van der Waals surface area contributed by atoms with Crippen molar-refractivity contribution in [1.82, 2.24) is 0 Å². The molecule has 20 heavy (non-hydrogen) atoms. The van der Waals surface area contributed by atoms with Gasteiger partial charge in [-0.1, -0.05) is 28.1 Å². The van der Waals surface area contributed by atoms with Gasteiger partial charge in [-0.05, 0) is 60.3 Å². The molecule has 2 fully saturated rings. The molecule has 3 aliphatic carbocycles. The highest BCUT2D eigenvalue weighted by atomic mass is 79.9. The first-order valence-electron chi connectivity index (χ1n) is 7.29. The van der Waals surface area contributed by atoms with Crippen LogP contribution in [0.4, 0.5) is 0 Å². The molecule has 1 aromatic carbocycles. The maximum absolute atomic E-state index is 12.2. The van der Waals surface area contributed by atoms with E-state index < -0.39 is 0 Å². The second kappa shape index (κ2) is 4.45. The molecular formula is C17H17BrO2. The topological polar surface area (TPSA) is 26.3 Å². The van der Waals surface area contributed by atoms with Crippen molar-refractivity contribution in [3.8, 4) is 0 Å². The molecule has 0 amide bonds. The fraction of sp³-hybridized carbons (Fsp3) is 0.471. The van der Waals surface area contributed by atoms with E-state index in [1.807, 2.05) is 0 Å². The van der Waals surface area contributed by atoms with Gasteiger partial charge in [0, 0.05) is 16.0 Å². The van der Waals surface area contributed by atoms with E-state index in [9.17, 15) is 4.79 Å². The van der Waals surface area contributed by atoms with Crippen LogP contribution in [0.1, 0.15) is 24.8 Å². The average Bonchev–Trinajstić information content (AvgIpc) is 2.99. The molecule has 0 radical (unpaired) electrons. The number of methoxy groups -OCH3 is 1. The molecule has 3 heteroatoms. The summed E-state index contributed by atoms with van der Waals surface area (Å²) >= 11 is 3.47. The zero-order valence-electron chi connectivity index (χ0n) is 11.4. The van der Waals surface area contributed by atoms with Crippen molar-refractivity contribution in [3.05, 3.63) is 39.9 Å². The van der Waals surface area contributed by atoms with E-state index in [4.69, 9.17) is 4.74 Å². The number of carbonyl (C=O) groups excluding carboxylic acids is 1. The van der Waals surface area contributed by atoms with Crippen LogP contribution in [0.2, 0.25) is 0 Å². The Hall–Kier alpha value is -1.09. The Labute approximate surface area is 127 Å². The van der Waals surface area contributed by atoms with Crippen molar-refractivity contribution in [2.24, 2.45) is 23.7 Å². The van der Waals surface area contributed by atoms with Crippen molar-refractivity contribution >= 4 is 27.5 Å². The third-order valence-electron chi connectivity index (χ3n) is 5.43. The van der Waals surface area contributed by atoms with Crippen molar-refractivity contribution in [1.29, 1.82) is 0 Å². The standard InChI is InChI=1S/C17H17BrO2/c1-20-17(19)16-13(9-4-6-12(18)7-5-9)14-10-2-3-11(8-10)15(14)16/h4-7,10-11,14-15H,2-3,8H2,1H3/t10-,11+,14-,15-/m0/s1. The predicted molar refractivity (Wildman–Crippen MR) is 80.9 cm³/mol. The number of rotatable bonds is 2. The summed E-state index contributed by atoms with van der Waals surface area (Å²) in [5, 5.41) is 0. The largest absolute Gasteiger partial charge is 0.466 e. The number of allylic oxidation sites excluding steroid dienone is 1. The van der Waals surface area contributed by atoms with Crippen LogP contribution in [-0.2, 0) is 9.53 Å². The number of carbonyl (C=O) groups is 1. The fourth-order valence-electron chi connectivity index (χ4n) is 4.72. The second-order valence-electron chi connectivity index (χ2n) is 6.21. The summed E-state index contributed by atoms with van der Waals surface area (Å²) in [4.78, 5) is 12.2. The Morgan fingerprint density at radius 1 is 1.15 bits per heavy atom. The molecule has 2 bridgehead atoms. The number of fused-ring (bicyclic) bond motifs is 5. The summed E-state index contributed by atoms with van der Waals surface area (Å²) in [6.07, 6.45) is 3.93. The molecule has 1 aromatic rings. The minimum absolute atomic E-state index is 0.114. The smallest absolute Gasteiger partial charge is 0.334 e. The summed E-state index contributed by atoms with van der Waals surface area (Å²) in [6, 6.07) is 8.34. The van der Waals surface area contributed by atoms with Gasteiger partial charge in [-0.2, -0.15) is 0 Å². The van der Waals surface area contributed by atoms with E-state index in [-0.39, 0.29) is 5.97 Å². The molecule has 4 rings (SSSR count). The maximum atomic E-state index is 12.2. The van der Waals surface area contributed by atoms with Gasteiger partial charge in [-0.3, -0.25) is 0 Å². The zero-order valence-corrected chi connectivity index (χ0v) is 13.0. The normalized spacial score (nSPS) is 33.9. The fourth-order valence-corrected chi connectivity index (χ4v) is 4.98. The second-order valence-corrected chi connectivity index (χ2v) is 7.13. The summed E-state index contributed by atoms with van der Waals surface area (Å²) in [7, 11) is 1.50. The summed E-state index contributed by atoms with van der Waals surface area (Å²) < 4.78 is 6.11. The Morgan fingerprint density at radius 3 is 2.45 bits per heavy atom. The minimum atomic E-state index is -0.114. The van der Waals surface area contributed by atoms with Gasteiger partial charge in [-0.15, -0.1) is 0 Å². The third-order valence-corrected chi connectivity index (χ3v) is 5.96. The first-order chi connectivity index (χ1) is 9.70. The van der Waals surface area contributed by atoms with Crippen LogP contribution < -0.4 is 0 Å². The Morgan fingerprint density at radius 2 is 1.80 bits per heavy atom. The maximum Gasteiger partial charge on any atom is 0.334 e. The Kier molecular flexibility index (Phi) is 2.81. The lowest BCUT2D eigenvalue weighted by molar-refractivity contribution is -0.137. The molecule has 0 heterocycles. The Bertz CT molecular complexity index is 602. The first kappa shape index (κ1) is 12.6. The SMILES string of the molecule is COC(=O)C1=C(c2ccc(Br)cc2)[C@@H]2[C@H]3CC[C@H](C3)[C@H]12. The van der Waals surface area contributed by atoms with Crippen molar-refractivity contribution in [3.63, 3.8) is 0 Å². The monoisotopic (exact) mass is 332 g/mol. The van der Waals surface area contributed by atoms with Crippen LogP contribution >= 0.6 is 15.9 Å². The molecular weight excluding hydrogens is 316 g/mol. The van der Waals surface area contributed by atoms with E-state index in [2.05, 4.69) is 40.2 Å². The van der Waals surface area contributed by atoms with Crippen molar-refractivity contribution < 1.29 is 9.53 Å². The van der Waals surface area contributed by atoms with Gasteiger partial charge in [0.2, 0.25) is 0 Å². The van der Waals surface area contributed by atoms with Gasteiger partial charge in [0.25, 0.3) is 0 Å². The lowest BCUT2D eigenvalue weighted by atomic mass is 9.59. The summed E-state index contributed by atoms with van der Waals surface area (Å²) in [6.45, 7) is 0. The summed E-state index contributed by atoms with van der Waals surface area (Å²) in [5.41, 5.74) is 3.43. The van der Waals surface area contributed by atoms with Crippen LogP contribution in [0, 0.1) is 23.7 Å². The molecule has 2 nitrogen and oxygen atoms in total. The lowest BCUT2D eigenvalue weighted by Gasteiger charge is -2.44. The molecule has 0 aliphatic heterocycles. The highest BCUT2D eigenvalue weighted by Gasteiger charge is 2.58. The van der Waals surface area contributed by atoms with Crippen molar-refractivity contribution in [2.45, 2.75) is 19.3 Å². The van der Waals surface area contributed by atoms with E-state index in [1.165, 1.54) is 37.5 Å². The van der Waals surface area contributed by atoms with Crippen LogP contribution in [0.25, 0.3) is 5.57 Å². The van der Waals surface area contributed by atoms with Gasteiger partial charge in [0.15, 0.2) is 0 Å². The number of hydrogen-bond acceptors (Lipinski definition) is 2. The number of ether oxygens (including phenoxy) is 1. The molecule has 0 unspecified atom stereocenters. The van der Waals surface area contributed by atoms with E-state index in [0.717, 1.165) is 21.9 Å². The number of halogens is 1. The highest BCUT2D eigenvalue weighted by Crippen LogP contribution is 2.66. The number of hydrogen-bond donors (Lipinski definition) is 0. The molecule has 0 aromatic heterocycles. The minimum Gasteiger partial charge on any atom is -0.466 e. The van der Waals surface area contributed by atoms with E-state index in [0.29, 0.717) is 11.8 Å². The highest BCUT2D eigenvalue weighted by molar-refractivity contribution is 9.10. The van der Waals surface area contributed by atoms with E-state index in [1.54, 1.807) is 0 Å². The molecule has 3 aliphatic rings. The van der Waals surface area contributed by atoms with Crippen LogP contribution in [0.3, 0.4) is 0 Å². The molecule has 4 atom stereocenters. The van der Waals surface area contributed by atoms with Gasteiger partial charge in [-0.25, -0.2) is 4.79 Å². The van der Waals surface area contributed by atoms with Crippen LogP contribution in [-0.4, -0.2) is 13.1 Å². The average molecular weight is 333 g/mol. The van der Waals surface area contributed by atoms with Crippen LogP contribution in [0.5, 0.6) is 0 Å². The lowest BCUT2D eigenvalue weighted by Crippen LogP contribution is -2.38. The molecule has 2 saturated carbocycles. The molecule has 104 valence electrons. The third kappa shape index (κ3) is 1.59. The van der Waals surface area contributed by atoms with Gasteiger partial charge in [0.05, 0.1) is 7.11 Å². The van der Waals surface area contributed by atoms with Gasteiger partial charge < -0.3 is 4.74 Å². The molecule has 0 spiro atoms. The van der Waals surface area contributed by atoms with Crippen LogP contribution in [0.15, 0.2) is 34.3 Å². The quantitative estimate of drug-likeness (QED) is 0.763. The molecule has 0 saturated heterocycles. The van der Waals surface area contributed by atoms with Gasteiger partial charge >= 0.3 is 5.97 Å². The molecule has 0 N–H and O–H groups in total. The number of benzene rings is 1. The zero-order chi connectivity index (χ0) is 13.9. The summed E-state index contributed by atoms with van der Waals surface area (Å²) in [5.74, 6) is 2.47. The predicted octanol–water partition coefficient (Wildman–Crippen LogP) is 4.05. The van der Waals surface area contributed by atoms with E-state index >= 15 is 0 Å². The first-order valence-corrected chi connectivity index (χ1v) is 8.08. The Balaban J connectivity index is 1.81. The number of esters is 1. The van der Waals surface area contributed by atoms with Crippen molar-refractivity contribution in [2.75, 3.05) is 7.11 Å². The van der Waals surface area contributed by atoms with Gasteiger partial charge in [0.1, 0.15) is 0 Å².